The third-order valence-corrected chi connectivity index (χ3v) is 5.05. The Hall–Kier alpha value is -1.54. The highest BCUT2D eigenvalue weighted by molar-refractivity contribution is 7.91. The first kappa shape index (κ1) is 15.8. The lowest BCUT2D eigenvalue weighted by atomic mass is 10.1. The van der Waals surface area contributed by atoms with Crippen LogP contribution in [-0.4, -0.2) is 38.4 Å². The predicted molar refractivity (Wildman–Crippen MR) is 74.7 cm³/mol. The van der Waals surface area contributed by atoms with Crippen molar-refractivity contribution in [1.29, 1.82) is 0 Å². The monoisotopic (exact) mass is 318 g/mol. The van der Waals surface area contributed by atoms with E-state index in [-0.39, 0.29) is 24.1 Å². The molecule has 1 aromatic carbocycles. The molecule has 0 unspecified atom stereocenters. The number of sulfone groups is 1. The summed E-state index contributed by atoms with van der Waals surface area (Å²) >= 11 is 0. The summed E-state index contributed by atoms with van der Waals surface area (Å²) in [5.41, 5.74) is -0.476. The highest BCUT2D eigenvalue weighted by Crippen LogP contribution is 2.17. The van der Waals surface area contributed by atoms with Crippen LogP contribution in [-0.2, 0) is 14.6 Å². The maximum atomic E-state index is 13.3. The average molecular weight is 318 g/mol. The molecule has 1 amide bonds. The Kier molecular flexibility index (Phi) is 4.89. The zero-order valence-corrected chi connectivity index (χ0v) is 12.1. The van der Waals surface area contributed by atoms with Crippen molar-refractivity contribution in [3.8, 4) is 0 Å². The van der Waals surface area contributed by atoms with Crippen LogP contribution >= 0.6 is 0 Å². The van der Waals surface area contributed by atoms with Gasteiger partial charge in [-0.15, -0.1) is 0 Å². The van der Waals surface area contributed by atoms with Crippen molar-refractivity contribution in [3.63, 3.8) is 0 Å². The molecule has 116 valence electrons. The molecule has 1 aromatic rings. The lowest BCUT2D eigenvalue weighted by Gasteiger charge is -2.22. The molecule has 1 fully saturated rings. The van der Waals surface area contributed by atoms with Gasteiger partial charge in [-0.3, -0.25) is 4.79 Å². The zero-order valence-electron chi connectivity index (χ0n) is 11.2. The van der Waals surface area contributed by atoms with Gasteiger partial charge in [-0.25, -0.2) is 17.2 Å². The molecule has 21 heavy (non-hydrogen) atoms. The summed E-state index contributed by atoms with van der Waals surface area (Å²) in [7, 11) is -2.95. The maximum absolute atomic E-state index is 13.3. The van der Waals surface area contributed by atoms with Crippen molar-refractivity contribution < 1.29 is 22.0 Å². The highest BCUT2D eigenvalue weighted by atomic mass is 32.2. The molecule has 0 atom stereocenters. The van der Waals surface area contributed by atoms with Crippen LogP contribution in [0.5, 0.6) is 0 Å². The first-order chi connectivity index (χ1) is 9.87. The Morgan fingerprint density at radius 2 is 1.76 bits per heavy atom. The SMILES string of the molecule is O=C(CNC1CCS(=O)(=O)CC1)Nc1c(F)cccc1F. The molecule has 1 saturated heterocycles. The molecule has 0 radical (unpaired) electrons. The predicted octanol–water partition coefficient (Wildman–Crippen LogP) is 1.07. The molecule has 5 nitrogen and oxygen atoms in total. The van der Waals surface area contributed by atoms with Crippen LogP contribution in [0.15, 0.2) is 18.2 Å². The minimum atomic E-state index is -2.95. The quantitative estimate of drug-likeness (QED) is 0.871. The van der Waals surface area contributed by atoms with Gasteiger partial charge < -0.3 is 10.6 Å². The highest BCUT2D eigenvalue weighted by Gasteiger charge is 2.23. The molecule has 1 aliphatic heterocycles. The molecule has 1 heterocycles. The zero-order chi connectivity index (χ0) is 15.5. The van der Waals surface area contributed by atoms with Gasteiger partial charge in [-0.1, -0.05) is 6.07 Å². The molecule has 2 rings (SSSR count). The summed E-state index contributed by atoms with van der Waals surface area (Å²) in [6.45, 7) is -0.126. The van der Waals surface area contributed by atoms with Crippen LogP contribution in [0.1, 0.15) is 12.8 Å². The third kappa shape index (κ3) is 4.47. The second kappa shape index (κ2) is 6.48. The van der Waals surface area contributed by atoms with E-state index in [1.165, 1.54) is 6.07 Å². The smallest absolute Gasteiger partial charge is 0.238 e. The number of para-hydroxylation sites is 1. The van der Waals surface area contributed by atoms with E-state index in [0.29, 0.717) is 12.8 Å². The van der Waals surface area contributed by atoms with Gasteiger partial charge >= 0.3 is 0 Å². The summed E-state index contributed by atoms with van der Waals surface area (Å²) in [4.78, 5) is 11.7. The van der Waals surface area contributed by atoms with E-state index in [2.05, 4.69) is 10.6 Å². The second-order valence-electron chi connectivity index (χ2n) is 4.95. The van der Waals surface area contributed by atoms with Gasteiger partial charge in [-0.2, -0.15) is 0 Å². The molecule has 1 aliphatic rings. The molecule has 2 N–H and O–H groups in total. The number of rotatable bonds is 4. The minimum Gasteiger partial charge on any atom is -0.320 e. The molecule has 0 aromatic heterocycles. The van der Waals surface area contributed by atoms with E-state index >= 15 is 0 Å². The summed E-state index contributed by atoms with van der Waals surface area (Å²) in [5, 5.41) is 5.06. The molecule has 0 bridgehead atoms. The van der Waals surface area contributed by atoms with E-state index in [4.69, 9.17) is 0 Å². The van der Waals surface area contributed by atoms with Crippen molar-refractivity contribution in [2.45, 2.75) is 18.9 Å². The number of anilines is 1. The largest absolute Gasteiger partial charge is 0.320 e. The third-order valence-electron chi connectivity index (χ3n) is 3.33. The van der Waals surface area contributed by atoms with Gasteiger partial charge in [0.25, 0.3) is 0 Å². The van der Waals surface area contributed by atoms with Gasteiger partial charge in [0.15, 0.2) is 0 Å². The van der Waals surface area contributed by atoms with Crippen LogP contribution in [0.25, 0.3) is 0 Å². The minimum absolute atomic E-state index is 0.0789. The van der Waals surface area contributed by atoms with Crippen molar-refractivity contribution in [2.75, 3.05) is 23.4 Å². The molecule has 0 saturated carbocycles. The summed E-state index contributed by atoms with van der Waals surface area (Å²) in [5.74, 6) is -2.07. The van der Waals surface area contributed by atoms with E-state index in [9.17, 15) is 22.0 Å². The van der Waals surface area contributed by atoms with Crippen LogP contribution < -0.4 is 10.6 Å². The van der Waals surface area contributed by atoms with E-state index < -0.39 is 33.1 Å². The van der Waals surface area contributed by atoms with Gasteiger partial charge in [0.2, 0.25) is 5.91 Å². The van der Waals surface area contributed by atoms with E-state index in [1.807, 2.05) is 0 Å². The number of carbonyl (C=O) groups excluding carboxylic acids is 1. The number of benzene rings is 1. The fraction of sp³-hybridized carbons (Fsp3) is 0.462. The van der Waals surface area contributed by atoms with Crippen LogP contribution in [0, 0.1) is 11.6 Å². The van der Waals surface area contributed by atoms with Crippen molar-refractivity contribution in [2.24, 2.45) is 0 Å². The molecule has 8 heteroatoms. The van der Waals surface area contributed by atoms with Gasteiger partial charge in [0.1, 0.15) is 27.2 Å². The number of carbonyl (C=O) groups is 1. The van der Waals surface area contributed by atoms with Crippen molar-refractivity contribution in [3.05, 3.63) is 29.8 Å². The first-order valence-corrected chi connectivity index (χ1v) is 8.37. The summed E-state index contributed by atoms with van der Waals surface area (Å²) in [6.07, 6.45) is 0.868. The normalized spacial score (nSPS) is 18.4. The topological polar surface area (TPSA) is 75.3 Å². The van der Waals surface area contributed by atoms with Crippen molar-refractivity contribution in [1.82, 2.24) is 5.32 Å². The molecular formula is C13H16F2N2O3S. The van der Waals surface area contributed by atoms with E-state index in [0.717, 1.165) is 12.1 Å². The Morgan fingerprint density at radius 3 is 2.33 bits per heavy atom. The molecule has 0 spiro atoms. The number of nitrogens with one attached hydrogen (secondary N) is 2. The summed E-state index contributed by atoms with van der Waals surface area (Å²) in [6, 6.07) is 3.24. The van der Waals surface area contributed by atoms with Crippen molar-refractivity contribution >= 4 is 21.4 Å². The fourth-order valence-corrected chi connectivity index (χ4v) is 3.62. The van der Waals surface area contributed by atoms with Gasteiger partial charge in [0, 0.05) is 6.04 Å². The Bertz CT molecular complexity index is 600. The average Bonchev–Trinajstić information content (AvgIpc) is 2.42. The van der Waals surface area contributed by atoms with Gasteiger partial charge in [-0.05, 0) is 25.0 Å². The maximum Gasteiger partial charge on any atom is 0.238 e. The molecular weight excluding hydrogens is 302 g/mol. The first-order valence-electron chi connectivity index (χ1n) is 6.55. The van der Waals surface area contributed by atoms with Crippen LogP contribution in [0.4, 0.5) is 14.5 Å². The number of halogens is 2. The Labute approximate surface area is 121 Å². The van der Waals surface area contributed by atoms with Gasteiger partial charge in [0.05, 0.1) is 18.1 Å². The second-order valence-corrected chi connectivity index (χ2v) is 7.26. The Balaban J connectivity index is 1.83. The number of hydrogen-bond donors (Lipinski definition) is 2. The standard InChI is InChI=1S/C13H16F2N2O3S/c14-10-2-1-3-11(15)13(10)17-12(18)8-16-9-4-6-21(19,20)7-5-9/h1-3,9,16H,4-8H2,(H,17,18). The molecule has 0 aliphatic carbocycles. The van der Waals surface area contributed by atoms with E-state index in [1.54, 1.807) is 0 Å². The van der Waals surface area contributed by atoms with Crippen LogP contribution in [0.3, 0.4) is 0 Å². The van der Waals surface area contributed by atoms with Crippen LogP contribution in [0.2, 0.25) is 0 Å². The number of amides is 1. The summed E-state index contributed by atoms with van der Waals surface area (Å²) < 4.78 is 49.2. The number of hydrogen-bond acceptors (Lipinski definition) is 4. The fourth-order valence-electron chi connectivity index (χ4n) is 2.13. The Morgan fingerprint density at radius 1 is 1.19 bits per heavy atom. The lowest BCUT2D eigenvalue weighted by molar-refractivity contribution is -0.115. The lowest BCUT2D eigenvalue weighted by Crippen LogP contribution is -2.41.